The maximum Gasteiger partial charge on any atom is 0.150 e. The van der Waals surface area contributed by atoms with Gasteiger partial charge in [-0.15, -0.1) is 0 Å². The number of aldehydes is 1. The van der Waals surface area contributed by atoms with E-state index in [1.807, 2.05) is 36.4 Å². The minimum Gasteiger partial charge on any atom is -0.298 e. The molecule has 0 bridgehead atoms. The third kappa shape index (κ3) is 2.50. The summed E-state index contributed by atoms with van der Waals surface area (Å²) in [4.78, 5) is 14.4. The van der Waals surface area contributed by atoms with Crippen LogP contribution in [0, 0.1) is 0 Å². The van der Waals surface area contributed by atoms with Gasteiger partial charge >= 0.3 is 0 Å². The van der Waals surface area contributed by atoms with Gasteiger partial charge in [-0.05, 0) is 29.7 Å². The van der Waals surface area contributed by atoms with Crippen LogP contribution < -0.4 is 0 Å². The summed E-state index contributed by atoms with van der Waals surface area (Å²) in [5, 5.41) is 0. The molecule has 1 aromatic heterocycles. The molecule has 0 saturated heterocycles. The Morgan fingerprint density at radius 1 is 0.933 bits per heavy atom. The summed E-state index contributed by atoms with van der Waals surface area (Å²) < 4.78 is 0. The Balaban J connectivity index is 2.15. The molecule has 0 amide bonds. The highest BCUT2D eigenvalue weighted by atomic mass is 16.1. The van der Waals surface area contributed by atoms with E-state index in [2.05, 4.69) is 4.98 Å². The average Bonchev–Trinajstić information content (AvgIpc) is 2.31. The van der Waals surface area contributed by atoms with Crippen molar-refractivity contribution in [2.24, 2.45) is 0 Å². The summed E-state index contributed by atoms with van der Waals surface area (Å²) >= 11 is 0. The van der Waals surface area contributed by atoms with E-state index in [1.54, 1.807) is 12.4 Å². The number of aromatic nitrogens is 1. The molecule has 2 rings (SSSR count). The zero-order valence-corrected chi connectivity index (χ0v) is 8.26. The van der Waals surface area contributed by atoms with Gasteiger partial charge in [0.05, 0.1) is 0 Å². The highest BCUT2D eigenvalue weighted by Gasteiger charge is 1.95. The van der Waals surface area contributed by atoms with Gasteiger partial charge in [0.25, 0.3) is 0 Å². The average molecular weight is 197 g/mol. The molecule has 1 aromatic carbocycles. The first kappa shape index (κ1) is 9.59. The van der Waals surface area contributed by atoms with Crippen LogP contribution in [-0.4, -0.2) is 11.3 Å². The fraction of sp³-hybridized carbons (Fsp3) is 0.0769. The van der Waals surface area contributed by atoms with Gasteiger partial charge in [-0.1, -0.05) is 24.3 Å². The monoisotopic (exact) mass is 197 g/mol. The van der Waals surface area contributed by atoms with Gasteiger partial charge < -0.3 is 0 Å². The lowest BCUT2D eigenvalue weighted by Gasteiger charge is -2.01. The molecular formula is C13H11NO. The van der Waals surface area contributed by atoms with Crippen molar-refractivity contribution in [3.8, 4) is 0 Å². The van der Waals surface area contributed by atoms with E-state index in [-0.39, 0.29) is 0 Å². The molecular weight excluding hydrogens is 186 g/mol. The first-order chi connectivity index (χ1) is 7.38. The molecule has 1 heterocycles. The molecule has 0 saturated carbocycles. The fourth-order valence-corrected chi connectivity index (χ4v) is 1.45. The van der Waals surface area contributed by atoms with Crippen molar-refractivity contribution >= 4 is 6.29 Å². The molecule has 0 aliphatic carbocycles. The van der Waals surface area contributed by atoms with Crippen molar-refractivity contribution in [2.45, 2.75) is 6.42 Å². The Labute approximate surface area is 88.6 Å². The van der Waals surface area contributed by atoms with Crippen molar-refractivity contribution in [3.05, 3.63) is 65.5 Å². The highest BCUT2D eigenvalue weighted by molar-refractivity contribution is 5.74. The lowest BCUT2D eigenvalue weighted by Crippen LogP contribution is -1.89. The van der Waals surface area contributed by atoms with E-state index in [1.165, 1.54) is 11.1 Å². The zero-order valence-electron chi connectivity index (χ0n) is 8.26. The topological polar surface area (TPSA) is 30.0 Å². The van der Waals surface area contributed by atoms with Crippen molar-refractivity contribution in [2.75, 3.05) is 0 Å². The molecule has 74 valence electrons. The number of carbonyl (C=O) groups excluding carboxylic acids is 1. The molecule has 15 heavy (non-hydrogen) atoms. The normalized spacial score (nSPS) is 9.87. The number of benzene rings is 1. The highest BCUT2D eigenvalue weighted by Crippen LogP contribution is 2.09. The smallest absolute Gasteiger partial charge is 0.150 e. The Hall–Kier alpha value is -1.96. The molecule has 0 unspecified atom stereocenters. The van der Waals surface area contributed by atoms with Crippen LogP contribution in [0.4, 0.5) is 0 Å². The molecule has 0 fully saturated rings. The molecule has 2 heteroatoms. The van der Waals surface area contributed by atoms with Crippen molar-refractivity contribution < 1.29 is 4.79 Å². The lowest BCUT2D eigenvalue weighted by atomic mass is 10.1. The second kappa shape index (κ2) is 4.51. The summed E-state index contributed by atoms with van der Waals surface area (Å²) in [6, 6.07) is 11.6. The van der Waals surface area contributed by atoms with E-state index < -0.39 is 0 Å². The summed E-state index contributed by atoms with van der Waals surface area (Å²) in [5.74, 6) is 0. The van der Waals surface area contributed by atoms with Crippen LogP contribution in [0.2, 0.25) is 0 Å². The largest absolute Gasteiger partial charge is 0.298 e. The molecule has 0 radical (unpaired) electrons. The zero-order chi connectivity index (χ0) is 10.5. The quantitative estimate of drug-likeness (QED) is 0.707. The van der Waals surface area contributed by atoms with Crippen molar-refractivity contribution in [3.63, 3.8) is 0 Å². The molecule has 0 spiro atoms. The Morgan fingerprint density at radius 2 is 1.53 bits per heavy atom. The van der Waals surface area contributed by atoms with Gasteiger partial charge in [0.2, 0.25) is 0 Å². The molecule has 0 atom stereocenters. The minimum absolute atomic E-state index is 0.716. The third-order valence-electron chi connectivity index (χ3n) is 2.27. The number of carbonyl (C=O) groups is 1. The summed E-state index contributed by atoms with van der Waals surface area (Å²) in [6.07, 6.45) is 5.31. The first-order valence-electron chi connectivity index (χ1n) is 4.81. The van der Waals surface area contributed by atoms with Gasteiger partial charge in [0.15, 0.2) is 0 Å². The van der Waals surface area contributed by atoms with Crippen LogP contribution in [0.3, 0.4) is 0 Å². The summed E-state index contributed by atoms with van der Waals surface area (Å²) in [6.45, 7) is 0. The summed E-state index contributed by atoms with van der Waals surface area (Å²) in [7, 11) is 0. The Bertz CT molecular complexity index is 434. The van der Waals surface area contributed by atoms with Crippen LogP contribution in [0.5, 0.6) is 0 Å². The van der Waals surface area contributed by atoms with E-state index in [9.17, 15) is 4.79 Å². The third-order valence-corrected chi connectivity index (χ3v) is 2.27. The molecule has 0 aliphatic rings. The Morgan fingerprint density at radius 3 is 2.13 bits per heavy atom. The van der Waals surface area contributed by atoms with E-state index >= 15 is 0 Å². The number of hydrogen-bond donors (Lipinski definition) is 0. The van der Waals surface area contributed by atoms with Crippen LogP contribution in [0.25, 0.3) is 0 Å². The maximum atomic E-state index is 10.5. The van der Waals surface area contributed by atoms with Gasteiger partial charge in [-0.3, -0.25) is 9.78 Å². The first-order valence-corrected chi connectivity index (χ1v) is 4.81. The predicted molar refractivity (Wildman–Crippen MR) is 58.9 cm³/mol. The van der Waals surface area contributed by atoms with Crippen LogP contribution in [0.15, 0.2) is 48.8 Å². The standard InChI is InChI=1S/C13H11NO/c15-10-13-3-1-11(2-4-13)9-12-5-7-14-8-6-12/h1-8,10H,9H2. The van der Waals surface area contributed by atoms with Crippen LogP contribution in [0.1, 0.15) is 21.5 Å². The minimum atomic E-state index is 0.716. The number of hydrogen-bond acceptors (Lipinski definition) is 2. The van der Waals surface area contributed by atoms with Crippen LogP contribution >= 0.6 is 0 Å². The SMILES string of the molecule is O=Cc1ccc(Cc2ccncc2)cc1. The molecule has 2 nitrogen and oxygen atoms in total. The molecule has 0 aliphatic heterocycles. The predicted octanol–water partition coefficient (Wildman–Crippen LogP) is 2.48. The summed E-state index contributed by atoms with van der Waals surface area (Å²) in [5.41, 5.74) is 3.14. The second-order valence-electron chi connectivity index (χ2n) is 3.39. The second-order valence-corrected chi connectivity index (χ2v) is 3.39. The molecule has 0 N–H and O–H groups in total. The van der Waals surface area contributed by atoms with Crippen LogP contribution in [-0.2, 0) is 6.42 Å². The van der Waals surface area contributed by atoms with Gasteiger partial charge in [0.1, 0.15) is 6.29 Å². The number of nitrogens with zero attached hydrogens (tertiary/aromatic N) is 1. The number of rotatable bonds is 3. The lowest BCUT2D eigenvalue weighted by molar-refractivity contribution is 0.112. The fourth-order valence-electron chi connectivity index (χ4n) is 1.45. The van der Waals surface area contributed by atoms with Crippen molar-refractivity contribution in [1.29, 1.82) is 0 Å². The van der Waals surface area contributed by atoms with Gasteiger partial charge in [0, 0.05) is 18.0 Å². The van der Waals surface area contributed by atoms with E-state index in [0.29, 0.717) is 5.56 Å². The van der Waals surface area contributed by atoms with E-state index in [0.717, 1.165) is 12.7 Å². The van der Waals surface area contributed by atoms with Gasteiger partial charge in [-0.2, -0.15) is 0 Å². The number of pyridine rings is 1. The molecule has 2 aromatic rings. The Kier molecular flexibility index (Phi) is 2.88. The van der Waals surface area contributed by atoms with E-state index in [4.69, 9.17) is 0 Å². The maximum absolute atomic E-state index is 10.5. The van der Waals surface area contributed by atoms with Gasteiger partial charge in [-0.25, -0.2) is 0 Å². The van der Waals surface area contributed by atoms with Crippen molar-refractivity contribution in [1.82, 2.24) is 4.98 Å².